The largest absolute Gasteiger partial charge is 0.410 e. The van der Waals surface area contributed by atoms with Crippen molar-refractivity contribution in [1.29, 1.82) is 0 Å². The molecule has 5 nitrogen and oxygen atoms in total. The van der Waals surface area contributed by atoms with Gasteiger partial charge in [-0.2, -0.15) is 0 Å². The van der Waals surface area contributed by atoms with Gasteiger partial charge in [-0.1, -0.05) is 17.3 Å². The first kappa shape index (κ1) is 11.9. The molecule has 0 saturated carbocycles. The zero-order valence-electron chi connectivity index (χ0n) is 9.02. The van der Waals surface area contributed by atoms with E-state index in [1.165, 1.54) is 13.8 Å². The van der Waals surface area contributed by atoms with Crippen molar-refractivity contribution >= 4 is 23.1 Å². The van der Waals surface area contributed by atoms with Crippen molar-refractivity contribution in [2.24, 2.45) is 5.16 Å². The number of amides is 1. The Morgan fingerprint density at radius 1 is 1.19 bits per heavy atom. The Balaban J connectivity index is 2.94. The highest BCUT2D eigenvalue weighted by atomic mass is 16.4. The number of carbonyl (C=O) groups is 2. The number of nitrogens with zero attached hydrogens (tertiary/aromatic N) is 1. The summed E-state index contributed by atoms with van der Waals surface area (Å²) in [6.45, 7) is 2.72. The molecule has 0 aliphatic heterocycles. The smallest absolute Gasteiger partial charge is 0.221 e. The molecule has 0 aliphatic carbocycles. The lowest BCUT2D eigenvalue weighted by atomic mass is 10.1. The molecular weight excluding hydrogens is 208 g/mol. The summed E-state index contributed by atoms with van der Waals surface area (Å²) in [5.41, 5.74) is 1.12. The van der Waals surface area contributed by atoms with Crippen LogP contribution in [0.25, 0.3) is 0 Å². The maximum absolute atomic E-state index is 11.1. The molecule has 2 N–H and O–H groups in total. The number of hydrogen-bond donors (Lipinski definition) is 2. The van der Waals surface area contributed by atoms with Crippen LogP contribution in [0.15, 0.2) is 29.4 Å². The molecule has 0 heterocycles. The summed E-state index contributed by atoms with van der Waals surface area (Å²) in [6, 6.07) is 6.46. The Bertz CT molecular complexity index is 435. The maximum atomic E-state index is 11.1. The van der Waals surface area contributed by atoms with E-state index in [0.717, 1.165) is 0 Å². The lowest BCUT2D eigenvalue weighted by Crippen LogP contribution is -2.12. The van der Waals surface area contributed by atoms with Crippen LogP contribution < -0.4 is 5.32 Å². The van der Waals surface area contributed by atoms with Crippen LogP contribution in [0.4, 0.5) is 5.69 Å². The number of hydrogen-bond acceptors (Lipinski definition) is 4. The maximum Gasteiger partial charge on any atom is 0.221 e. The van der Waals surface area contributed by atoms with E-state index in [4.69, 9.17) is 5.21 Å². The number of anilines is 1. The van der Waals surface area contributed by atoms with Gasteiger partial charge in [-0.05, 0) is 12.1 Å². The predicted molar refractivity (Wildman–Crippen MR) is 59.8 cm³/mol. The first-order valence-electron chi connectivity index (χ1n) is 4.65. The number of oxime groups is 1. The second kappa shape index (κ2) is 5.06. The van der Waals surface area contributed by atoms with Crippen molar-refractivity contribution in [3.05, 3.63) is 29.8 Å². The molecule has 0 aliphatic rings. The zero-order valence-corrected chi connectivity index (χ0v) is 9.02. The Kier molecular flexibility index (Phi) is 3.77. The van der Waals surface area contributed by atoms with Crippen LogP contribution >= 0.6 is 0 Å². The zero-order chi connectivity index (χ0) is 12.1. The molecule has 0 radical (unpaired) electrons. The summed E-state index contributed by atoms with van der Waals surface area (Å²) in [5, 5.41) is 14.2. The minimum Gasteiger partial charge on any atom is -0.410 e. The highest BCUT2D eigenvalue weighted by molar-refractivity contribution is 6.45. The fourth-order valence-corrected chi connectivity index (χ4v) is 1.25. The summed E-state index contributed by atoms with van der Waals surface area (Å²) in [5.74, 6) is -0.495. The number of rotatable bonds is 3. The van der Waals surface area contributed by atoms with Crippen LogP contribution in [0.1, 0.15) is 19.4 Å². The van der Waals surface area contributed by atoms with Gasteiger partial charge in [0.15, 0.2) is 11.5 Å². The molecule has 84 valence electrons. The van der Waals surface area contributed by atoms with Crippen LogP contribution in [0.3, 0.4) is 0 Å². The van der Waals surface area contributed by atoms with Gasteiger partial charge in [0.25, 0.3) is 0 Å². The molecule has 0 fully saturated rings. The van der Waals surface area contributed by atoms with Crippen molar-refractivity contribution in [3.63, 3.8) is 0 Å². The van der Waals surface area contributed by atoms with Gasteiger partial charge in [0.05, 0.1) is 0 Å². The minimum absolute atomic E-state index is 0.00521. The SMILES string of the molecule is CC(=O)Nc1ccc(/C(=N/O)C(C)=O)cc1. The summed E-state index contributed by atoms with van der Waals surface area (Å²) in [4.78, 5) is 21.8. The third-order valence-electron chi connectivity index (χ3n) is 1.91. The second-order valence-corrected chi connectivity index (χ2v) is 3.26. The molecule has 1 aromatic rings. The van der Waals surface area contributed by atoms with Crippen molar-refractivity contribution in [1.82, 2.24) is 0 Å². The number of ketones is 1. The van der Waals surface area contributed by atoms with Gasteiger partial charge in [0, 0.05) is 25.1 Å². The van der Waals surface area contributed by atoms with Crippen LogP contribution in [0.5, 0.6) is 0 Å². The number of Topliss-reactive ketones (excluding diaryl/α,β-unsaturated/α-hetero) is 1. The van der Waals surface area contributed by atoms with E-state index in [1.807, 2.05) is 0 Å². The minimum atomic E-state index is -0.324. The van der Waals surface area contributed by atoms with E-state index in [0.29, 0.717) is 11.3 Å². The van der Waals surface area contributed by atoms with E-state index >= 15 is 0 Å². The van der Waals surface area contributed by atoms with Gasteiger partial charge in [0.1, 0.15) is 0 Å². The van der Waals surface area contributed by atoms with Crippen LogP contribution in [-0.4, -0.2) is 22.6 Å². The third-order valence-corrected chi connectivity index (χ3v) is 1.91. The lowest BCUT2D eigenvalue weighted by molar-refractivity contribution is -0.114. The molecule has 0 spiro atoms. The number of carbonyl (C=O) groups excluding carboxylic acids is 2. The van der Waals surface area contributed by atoms with Gasteiger partial charge in [0.2, 0.25) is 5.91 Å². The Morgan fingerprint density at radius 3 is 2.12 bits per heavy atom. The van der Waals surface area contributed by atoms with Crippen molar-refractivity contribution in [2.75, 3.05) is 5.32 Å². The fraction of sp³-hybridized carbons (Fsp3) is 0.182. The lowest BCUT2D eigenvalue weighted by Gasteiger charge is -2.04. The summed E-state index contributed by atoms with van der Waals surface area (Å²) in [7, 11) is 0. The molecular formula is C11H12N2O3. The van der Waals surface area contributed by atoms with E-state index in [2.05, 4.69) is 10.5 Å². The van der Waals surface area contributed by atoms with E-state index in [1.54, 1.807) is 24.3 Å². The van der Waals surface area contributed by atoms with Crippen LogP contribution in [0, 0.1) is 0 Å². The molecule has 1 rings (SSSR count). The van der Waals surface area contributed by atoms with E-state index in [-0.39, 0.29) is 17.4 Å². The fourth-order valence-electron chi connectivity index (χ4n) is 1.25. The van der Waals surface area contributed by atoms with Crippen molar-refractivity contribution < 1.29 is 14.8 Å². The summed E-state index contributed by atoms with van der Waals surface area (Å²) < 4.78 is 0. The Labute approximate surface area is 92.8 Å². The molecule has 1 aromatic carbocycles. The Hall–Kier alpha value is -2.17. The molecule has 5 heteroatoms. The van der Waals surface area contributed by atoms with Gasteiger partial charge >= 0.3 is 0 Å². The van der Waals surface area contributed by atoms with Gasteiger partial charge < -0.3 is 10.5 Å². The molecule has 0 saturated heterocycles. The van der Waals surface area contributed by atoms with E-state index < -0.39 is 0 Å². The standard InChI is InChI=1S/C11H12N2O3/c1-7(14)11(13-16)9-3-5-10(6-4-9)12-8(2)15/h3-6,16H,1-2H3,(H,12,15)/b13-11+. The van der Waals surface area contributed by atoms with Crippen LogP contribution in [0.2, 0.25) is 0 Å². The second-order valence-electron chi connectivity index (χ2n) is 3.26. The van der Waals surface area contributed by atoms with E-state index in [9.17, 15) is 9.59 Å². The number of nitrogens with one attached hydrogen (secondary N) is 1. The van der Waals surface area contributed by atoms with Gasteiger partial charge in [-0.25, -0.2) is 0 Å². The molecule has 16 heavy (non-hydrogen) atoms. The third kappa shape index (κ3) is 2.91. The van der Waals surface area contributed by atoms with Gasteiger partial charge in [-0.15, -0.1) is 0 Å². The molecule has 1 amide bonds. The van der Waals surface area contributed by atoms with Crippen molar-refractivity contribution in [3.8, 4) is 0 Å². The molecule has 0 unspecified atom stereocenters. The topological polar surface area (TPSA) is 78.8 Å². The quantitative estimate of drug-likeness (QED) is 0.459. The molecule has 0 aromatic heterocycles. The monoisotopic (exact) mass is 220 g/mol. The van der Waals surface area contributed by atoms with Gasteiger partial charge in [-0.3, -0.25) is 9.59 Å². The normalized spacial score (nSPS) is 11.0. The highest BCUT2D eigenvalue weighted by Gasteiger charge is 2.09. The average Bonchev–Trinajstić information content (AvgIpc) is 2.20. The Morgan fingerprint density at radius 2 is 1.75 bits per heavy atom. The first-order chi connectivity index (χ1) is 7.54. The van der Waals surface area contributed by atoms with Crippen molar-refractivity contribution in [2.45, 2.75) is 13.8 Å². The highest BCUT2D eigenvalue weighted by Crippen LogP contribution is 2.10. The predicted octanol–water partition coefficient (Wildman–Crippen LogP) is 1.41. The van der Waals surface area contributed by atoms with Crippen LogP contribution in [-0.2, 0) is 9.59 Å². The first-order valence-corrected chi connectivity index (χ1v) is 4.65. The molecule has 0 bridgehead atoms. The number of benzene rings is 1. The average molecular weight is 220 g/mol. The molecule has 0 atom stereocenters. The summed E-state index contributed by atoms with van der Waals surface area (Å²) >= 11 is 0. The summed E-state index contributed by atoms with van der Waals surface area (Å²) in [6.07, 6.45) is 0.